The second-order valence-electron chi connectivity index (χ2n) is 9.58. The molecule has 1 nitrogen and oxygen atoms in total. The molecule has 0 spiro atoms. The molecule has 0 N–H and O–H groups in total. The van der Waals surface area contributed by atoms with Crippen molar-refractivity contribution in [3.63, 3.8) is 0 Å². The lowest BCUT2D eigenvalue weighted by molar-refractivity contribution is -0.120. The van der Waals surface area contributed by atoms with E-state index in [0.29, 0.717) is 12.3 Å². The monoisotopic (exact) mass is 396 g/mol. The number of rotatable bonds is 3. The lowest BCUT2D eigenvalue weighted by Gasteiger charge is -2.60. The fourth-order valence-corrected chi connectivity index (χ4v) is 8.19. The lowest BCUT2D eigenvalue weighted by Crippen LogP contribution is -2.60. The first-order chi connectivity index (χ1) is 13.5. The van der Waals surface area contributed by atoms with Gasteiger partial charge in [0, 0.05) is 16.1 Å². The molecule has 1 aromatic rings. The average molecular weight is 397 g/mol. The van der Waals surface area contributed by atoms with Crippen molar-refractivity contribution in [3.8, 4) is 0 Å². The highest BCUT2D eigenvalue weighted by molar-refractivity contribution is 7.99. The lowest BCUT2D eigenvalue weighted by atomic mass is 9.47. The molecule has 5 rings (SSSR count). The van der Waals surface area contributed by atoms with Crippen LogP contribution in [0.25, 0.3) is 0 Å². The maximum Gasteiger partial charge on any atom is 0.178 e. The minimum absolute atomic E-state index is 0.0276. The highest BCUT2D eigenvalue weighted by Gasteiger charge is 2.65. The first-order valence-electron chi connectivity index (χ1n) is 10.8. The van der Waals surface area contributed by atoms with Gasteiger partial charge in [0.1, 0.15) is 5.67 Å². The van der Waals surface area contributed by atoms with Gasteiger partial charge in [-0.1, -0.05) is 36.3 Å². The number of benzene rings is 1. The Kier molecular flexibility index (Phi) is 4.39. The SMILES string of the molecule is C[C@]12C=CC(=O)C=C1CC[C@H]1[C@@H]3CCC[C@@]3(CSc3ccccc3)CC[C@@]12F. The minimum Gasteiger partial charge on any atom is -0.290 e. The van der Waals surface area contributed by atoms with E-state index in [-0.39, 0.29) is 17.1 Å². The second-order valence-corrected chi connectivity index (χ2v) is 10.6. The Morgan fingerprint density at radius 1 is 1.11 bits per heavy atom. The van der Waals surface area contributed by atoms with Gasteiger partial charge in [-0.25, -0.2) is 4.39 Å². The molecular formula is C25H29FOS. The Labute approximate surface area is 171 Å². The Bertz CT molecular complexity index is 845. The number of hydrogen-bond acceptors (Lipinski definition) is 2. The van der Waals surface area contributed by atoms with E-state index in [1.165, 1.54) is 24.2 Å². The number of carbonyl (C=O) groups is 1. The summed E-state index contributed by atoms with van der Waals surface area (Å²) in [7, 11) is 0. The van der Waals surface area contributed by atoms with Crippen molar-refractivity contribution in [1.82, 2.24) is 0 Å². The molecule has 28 heavy (non-hydrogen) atoms. The van der Waals surface area contributed by atoms with Crippen LogP contribution in [0.2, 0.25) is 0 Å². The molecule has 0 unspecified atom stereocenters. The van der Waals surface area contributed by atoms with Crippen molar-refractivity contribution in [3.05, 3.63) is 54.1 Å². The molecule has 0 bridgehead atoms. The van der Waals surface area contributed by atoms with Gasteiger partial charge in [-0.2, -0.15) is 0 Å². The topological polar surface area (TPSA) is 17.1 Å². The summed E-state index contributed by atoms with van der Waals surface area (Å²) in [5.41, 5.74) is -0.482. The zero-order chi connectivity index (χ0) is 19.4. The highest BCUT2D eigenvalue weighted by Crippen LogP contribution is 2.68. The van der Waals surface area contributed by atoms with Crippen LogP contribution in [0.1, 0.15) is 51.9 Å². The van der Waals surface area contributed by atoms with Crippen LogP contribution in [-0.2, 0) is 4.79 Å². The normalized spacial score (nSPS) is 41.8. The highest BCUT2D eigenvalue weighted by atomic mass is 32.2. The fraction of sp³-hybridized carbons (Fsp3) is 0.560. The van der Waals surface area contributed by atoms with E-state index >= 15 is 4.39 Å². The molecule has 3 heteroatoms. The van der Waals surface area contributed by atoms with Crippen molar-refractivity contribution < 1.29 is 9.18 Å². The smallest absolute Gasteiger partial charge is 0.178 e. The van der Waals surface area contributed by atoms with E-state index in [4.69, 9.17) is 0 Å². The molecule has 0 aliphatic heterocycles. The number of ketones is 1. The summed E-state index contributed by atoms with van der Waals surface area (Å²) >= 11 is 1.96. The van der Waals surface area contributed by atoms with Crippen LogP contribution < -0.4 is 0 Å². The van der Waals surface area contributed by atoms with E-state index in [1.54, 1.807) is 12.2 Å². The maximum atomic E-state index is 16.8. The van der Waals surface area contributed by atoms with Crippen molar-refractivity contribution in [1.29, 1.82) is 0 Å². The molecule has 3 saturated carbocycles. The quantitative estimate of drug-likeness (QED) is 0.539. The molecule has 0 heterocycles. The van der Waals surface area contributed by atoms with Gasteiger partial charge in [0.15, 0.2) is 5.78 Å². The van der Waals surface area contributed by atoms with E-state index in [0.717, 1.165) is 30.6 Å². The standard InChI is InChI=1S/C25H29FOS/c1-23-13-11-19(27)16-18(23)9-10-22-21-8-5-12-24(21,14-15-25(22,23)26)17-28-20-6-3-2-4-7-20/h2-4,6-7,11,13,16,21-22H,5,8-10,12,14-15,17H2,1H3/t21-,22-,23-,24-,25+/m0/s1. The Morgan fingerprint density at radius 3 is 2.75 bits per heavy atom. The summed E-state index contributed by atoms with van der Waals surface area (Å²) in [6.07, 6.45) is 12.3. The fourth-order valence-electron chi connectivity index (χ4n) is 6.88. The molecule has 0 radical (unpaired) electrons. The summed E-state index contributed by atoms with van der Waals surface area (Å²) in [4.78, 5) is 13.2. The summed E-state index contributed by atoms with van der Waals surface area (Å²) in [5.74, 6) is 1.74. The third-order valence-electron chi connectivity index (χ3n) is 8.46. The molecule has 5 atom stereocenters. The van der Waals surface area contributed by atoms with E-state index in [2.05, 4.69) is 37.3 Å². The molecule has 3 fully saturated rings. The largest absolute Gasteiger partial charge is 0.290 e. The van der Waals surface area contributed by atoms with Gasteiger partial charge in [-0.3, -0.25) is 4.79 Å². The zero-order valence-corrected chi connectivity index (χ0v) is 17.4. The number of alkyl halides is 1. The van der Waals surface area contributed by atoms with Crippen LogP contribution >= 0.6 is 11.8 Å². The Morgan fingerprint density at radius 2 is 1.93 bits per heavy atom. The Balaban J connectivity index is 1.44. The summed E-state index contributed by atoms with van der Waals surface area (Å²) in [5, 5.41) is 0. The first-order valence-corrected chi connectivity index (χ1v) is 11.8. The van der Waals surface area contributed by atoms with Crippen molar-refractivity contribution >= 4 is 17.5 Å². The maximum absolute atomic E-state index is 16.8. The number of carbonyl (C=O) groups excluding carboxylic acids is 1. The molecule has 0 aromatic heterocycles. The number of thioether (sulfide) groups is 1. The van der Waals surface area contributed by atoms with E-state index in [9.17, 15) is 4.79 Å². The van der Waals surface area contributed by atoms with Gasteiger partial charge in [-0.05, 0) is 87.0 Å². The number of hydrogen-bond donors (Lipinski definition) is 0. The number of fused-ring (bicyclic) bond motifs is 5. The van der Waals surface area contributed by atoms with Crippen LogP contribution in [0.15, 0.2) is 59.0 Å². The van der Waals surface area contributed by atoms with Gasteiger partial charge in [0.05, 0.1) is 0 Å². The molecule has 0 amide bonds. The van der Waals surface area contributed by atoms with Crippen molar-refractivity contribution in [2.45, 2.75) is 62.4 Å². The number of halogens is 1. The predicted octanol–water partition coefficient (Wildman–Crippen LogP) is 6.55. The summed E-state index contributed by atoms with van der Waals surface area (Å²) in [6.45, 7) is 2.05. The van der Waals surface area contributed by atoms with E-state index in [1.807, 2.05) is 17.8 Å². The van der Waals surface area contributed by atoms with E-state index < -0.39 is 11.1 Å². The van der Waals surface area contributed by atoms with Gasteiger partial charge in [0.25, 0.3) is 0 Å². The predicted molar refractivity (Wildman–Crippen MR) is 113 cm³/mol. The van der Waals surface area contributed by atoms with Crippen LogP contribution in [0.3, 0.4) is 0 Å². The van der Waals surface area contributed by atoms with Crippen LogP contribution in [0, 0.1) is 22.7 Å². The Hall–Kier alpha value is -1.35. The molecule has 4 aliphatic carbocycles. The average Bonchev–Trinajstić information content (AvgIpc) is 3.13. The molecule has 148 valence electrons. The number of allylic oxidation sites excluding steroid dienone is 4. The summed E-state index contributed by atoms with van der Waals surface area (Å²) < 4.78 is 16.8. The van der Waals surface area contributed by atoms with Crippen molar-refractivity contribution in [2.75, 3.05) is 5.75 Å². The van der Waals surface area contributed by atoms with Gasteiger partial charge in [0.2, 0.25) is 0 Å². The van der Waals surface area contributed by atoms with Crippen LogP contribution in [0.5, 0.6) is 0 Å². The molecule has 4 aliphatic rings. The molecular weight excluding hydrogens is 367 g/mol. The minimum atomic E-state index is -1.20. The third-order valence-corrected chi connectivity index (χ3v) is 9.78. The summed E-state index contributed by atoms with van der Waals surface area (Å²) in [6, 6.07) is 10.7. The third kappa shape index (κ3) is 2.61. The first kappa shape index (κ1) is 18.7. The van der Waals surface area contributed by atoms with Crippen LogP contribution in [0.4, 0.5) is 4.39 Å². The van der Waals surface area contributed by atoms with Gasteiger partial charge < -0.3 is 0 Å². The zero-order valence-electron chi connectivity index (χ0n) is 16.6. The van der Waals surface area contributed by atoms with Crippen LogP contribution in [-0.4, -0.2) is 17.2 Å². The van der Waals surface area contributed by atoms with Gasteiger partial charge in [-0.15, -0.1) is 11.8 Å². The molecule has 1 aromatic carbocycles. The van der Waals surface area contributed by atoms with Gasteiger partial charge >= 0.3 is 0 Å². The molecule has 0 saturated heterocycles. The van der Waals surface area contributed by atoms with Crippen molar-refractivity contribution in [2.24, 2.45) is 22.7 Å². The second kappa shape index (κ2) is 6.58.